The quantitative estimate of drug-likeness (QED) is 0.684. The summed E-state index contributed by atoms with van der Waals surface area (Å²) in [5, 5.41) is 3.52. The van der Waals surface area contributed by atoms with E-state index in [-0.39, 0.29) is 5.82 Å². The van der Waals surface area contributed by atoms with E-state index in [1.165, 1.54) is 25.3 Å². The Morgan fingerprint density at radius 2 is 1.85 bits per heavy atom. The van der Waals surface area contributed by atoms with Crippen LogP contribution in [0.25, 0.3) is 0 Å². The molecule has 1 N–H and O–H groups in total. The van der Waals surface area contributed by atoms with Gasteiger partial charge in [-0.3, -0.25) is 0 Å². The Labute approximate surface area is 124 Å². The van der Waals surface area contributed by atoms with Gasteiger partial charge < -0.3 is 5.32 Å². The lowest BCUT2D eigenvalue weighted by Crippen LogP contribution is -2.30. The summed E-state index contributed by atoms with van der Waals surface area (Å²) in [6, 6.07) is 7.55. The molecule has 0 amide bonds. The van der Waals surface area contributed by atoms with Crippen molar-refractivity contribution in [2.45, 2.75) is 59.4 Å². The van der Waals surface area contributed by atoms with Crippen molar-refractivity contribution >= 4 is 0 Å². The van der Waals surface area contributed by atoms with E-state index >= 15 is 0 Å². The molecule has 0 fully saturated rings. The zero-order chi connectivity index (χ0) is 15.0. The van der Waals surface area contributed by atoms with Crippen LogP contribution < -0.4 is 5.32 Å². The van der Waals surface area contributed by atoms with Crippen LogP contribution >= 0.6 is 0 Å². The third kappa shape index (κ3) is 7.64. The molecule has 0 aromatic heterocycles. The first kappa shape index (κ1) is 17.2. The summed E-state index contributed by atoms with van der Waals surface area (Å²) in [6.07, 6.45) is 4.72. The minimum absolute atomic E-state index is 0.125. The lowest BCUT2D eigenvalue weighted by atomic mass is 9.92. The highest BCUT2D eigenvalue weighted by molar-refractivity contribution is 5.16. The van der Waals surface area contributed by atoms with Gasteiger partial charge in [-0.15, -0.1) is 0 Å². The molecule has 0 saturated heterocycles. The molecule has 1 rings (SSSR count). The number of halogens is 1. The van der Waals surface area contributed by atoms with E-state index in [1.807, 2.05) is 12.1 Å². The molecular weight excluding hydrogens is 249 g/mol. The third-order valence-corrected chi connectivity index (χ3v) is 3.62. The van der Waals surface area contributed by atoms with E-state index < -0.39 is 0 Å². The fourth-order valence-electron chi connectivity index (χ4n) is 2.49. The smallest absolute Gasteiger partial charge is 0.123 e. The Morgan fingerprint density at radius 1 is 1.10 bits per heavy atom. The van der Waals surface area contributed by atoms with Gasteiger partial charge in [0.15, 0.2) is 0 Å². The number of benzene rings is 1. The van der Waals surface area contributed by atoms with E-state index in [0.29, 0.717) is 12.0 Å². The third-order valence-electron chi connectivity index (χ3n) is 3.62. The first-order valence-electron chi connectivity index (χ1n) is 7.95. The molecule has 20 heavy (non-hydrogen) atoms. The molecule has 0 saturated carbocycles. The second kappa shape index (κ2) is 9.12. The van der Waals surface area contributed by atoms with Crippen LogP contribution in [0, 0.1) is 17.7 Å². The molecule has 0 bridgehead atoms. The second-order valence-electron chi connectivity index (χ2n) is 6.59. The fraction of sp³-hybridized carbons (Fsp3) is 0.667. The molecule has 0 radical (unpaired) electrons. The van der Waals surface area contributed by atoms with Crippen LogP contribution in [0.3, 0.4) is 0 Å². The molecule has 0 aliphatic rings. The summed E-state index contributed by atoms with van der Waals surface area (Å²) < 4.78 is 13.3. The minimum Gasteiger partial charge on any atom is -0.314 e. The van der Waals surface area contributed by atoms with Gasteiger partial charge in [0.25, 0.3) is 0 Å². The van der Waals surface area contributed by atoms with E-state index in [1.54, 1.807) is 6.07 Å². The van der Waals surface area contributed by atoms with Crippen molar-refractivity contribution < 1.29 is 4.39 Å². The summed E-state index contributed by atoms with van der Waals surface area (Å²) >= 11 is 0. The van der Waals surface area contributed by atoms with Crippen molar-refractivity contribution in [3.63, 3.8) is 0 Å². The topological polar surface area (TPSA) is 12.0 Å². The van der Waals surface area contributed by atoms with E-state index in [2.05, 4.69) is 33.0 Å². The molecule has 1 aromatic rings. The molecule has 2 heteroatoms. The van der Waals surface area contributed by atoms with Gasteiger partial charge >= 0.3 is 0 Å². The minimum atomic E-state index is -0.125. The van der Waals surface area contributed by atoms with E-state index in [4.69, 9.17) is 0 Å². The monoisotopic (exact) mass is 279 g/mol. The zero-order valence-electron chi connectivity index (χ0n) is 13.5. The number of rotatable bonds is 9. The largest absolute Gasteiger partial charge is 0.314 e. The maximum absolute atomic E-state index is 13.3. The molecule has 1 aromatic carbocycles. The Balaban J connectivity index is 2.52. The molecule has 114 valence electrons. The van der Waals surface area contributed by atoms with Crippen LogP contribution in [0.4, 0.5) is 4.39 Å². The van der Waals surface area contributed by atoms with Gasteiger partial charge in [0.2, 0.25) is 0 Å². The van der Waals surface area contributed by atoms with Gasteiger partial charge in [-0.2, -0.15) is 0 Å². The van der Waals surface area contributed by atoms with Crippen LogP contribution in [-0.2, 0) is 6.42 Å². The van der Waals surface area contributed by atoms with Crippen molar-refractivity contribution in [2.24, 2.45) is 11.8 Å². The molecule has 0 aliphatic heterocycles. The number of hydrogen-bond donors (Lipinski definition) is 1. The lowest BCUT2D eigenvalue weighted by molar-refractivity contribution is 0.393. The van der Waals surface area contributed by atoms with Crippen molar-refractivity contribution in [1.29, 1.82) is 0 Å². The molecule has 0 heterocycles. The van der Waals surface area contributed by atoms with Crippen LogP contribution in [0.1, 0.15) is 52.5 Å². The zero-order valence-corrected chi connectivity index (χ0v) is 13.5. The van der Waals surface area contributed by atoms with Gasteiger partial charge in [-0.05, 0) is 48.9 Å². The van der Waals surface area contributed by atoms with E-state index in [9.17, 15) is 4.39 Å². The van der Waals surface area contributed by atoms with Crippen molar-refractivity contribution in [3.8, 4) is 0 Å². The highest BCUT2D eigenvalue weighted by Crippen LogP contribution is 2.18. The van der Waals surface area contributed by atoms with Crippen molar-refractivity contribution in [3.05, 3.63) is 35.6 Å². The van der Waals surface area contributed by atoms with Crippen molar-refractivity contribution in [1.82, 2.24) is 5.32 Å². The predicted molar refractivity (Wildman–Crippen MR) is 85.4 cm³/mol. The molecule has 1 atom stereocenters. The standard InChI is InChI=1S/C18H30FN/c1-14(2)7-5-9-17(13-20-15(3)4)11-16-8-6-10-18(19)12-16/h6,8,10,12,14-15,17,20H,5,7,9,11,13H2,1-4H3. The normalized spacial score (nSPS) is 13.2. The van der Waals surface area contributed by atoms with Gasteiger partial charge in [-0.1, -0.05) is 52.7 Å². The van der Waals surface area contributed by atoms with Gasteiger partial charge in [-0.25, -0.2) is 4.39 Å². The van der Waals surface area contributed by atoms with Crippen LogP contribution in [-0.4, -0.2) is 12.6 Å². The first-order chi connectivity index (χ1) is 9.47. The Bertz CT molecular complexity index is 373. The highest BCUT2D eigenvalue weighted by atomic mass is 19.1. The van der Waals surface area contributed by atoms with Crippen molar-refractivity contribution in [2.75, 3.05) is 6.54 Å². The van der Waals surface area contributed by atoms with Crippen LogP contribution in [0.2, 0.25) is 0 Å². The number of hydrogen-bond acceptors (Lipinski definition) is 1. The number of nitrogens with one attached hydrogen (secondary N) is 1. The summed E-state index contributed by atoms with van der Waals surface area (Å²) in [4.78, 5) is 0. The molecular formula is C18H30FN. The predicted octanol–water partition coefficient (Wildman–Crippen LogP) is 4.81. The maximum Gasteiger partial charge on any atom is 0.123 e. The maximum atomic E-state index is 13.3. The molecule has 1 nitrogen and oxygen atoms in total. The van der Waals surface area contributed by atoms with Gasteiger partial charge in [0.05, 0.1) is 0 Å². The highest BCUT2D eigenvalue weighted by Gasteiger charge is 2.11. The summed E-state index contributed by atoms with van der Waals surface area (Å²) in [5.41, 5.74) is 1.12. The summed E-state index contributed by atoms with van der Waals surface area (Å²) in [6.45, 7) is 9.91. The lowest BCUT2D eigenvalue weighted by Gasteiger charge is -2.20. The van der Waals surface area contributed by atoms with Gasteiger partial charge in [0.1, 0.15) is 5.82 Å². The molecule has 0 aliphatic carbocycles. The SMILES string of the molecule is CC(C)CCCC(CNC(C)C)Cc1cccc(F)c1. The second-order valence-corrected chi connectivity index (χ2v) is 6.59. The average molecular weight is 279 g/mol. The Morgan fingerprint density at radius 3 is 2.45 bits per heavy atom. The van der Waals surface area contributed by atoms with Crippen LogP contribution in [0.15, 0.2) is 24.3 Å². The molecule has 0 spiro atoms. The summed E-state index contributed by atoms with van der Waals surface area (Å²) in [5.74, 6) is 1.24. The Hall–Kier alpha value is -0.890. The fourth-order valence-corrected chi connectivity index (χ4v) is 2.49. The average Bonchev–Trinajstić information content (AvgIpc) is 2.35. The van der Waals surface area contributed by atoms with E-state index in [0.717, 1.165) is 24.4 Å². The first-order valence-corrected chi connectivity index (χ1v) is 7.95. The Kier molecular flexibility index (Phi) is 7.83. The van der Waals surface area contributed by atoms with Crippen LogP contribution in [0.5, 0.6) is 0 Å². The summed E-state index contributed by atoms with van der Waals surface area (Å²) in [7, 11) is 0. The molecule has 1 unspecified atom stereocenters. The van der Waals surface area contributed by atoms with Gasteiger partial charge in [0, 0.05) is 6.04 Å².